The summed E-state index contributed by atoms with van der Waals surface area (Å²) in [6.07, 6.45) is 2.00. The molecule has 4 nitrogen and oxygen atoms in total. The van der Waals surface area contributed by atoms with Crippen LogP contribution in [-0.2, 0) is 21.1 Å². The van der Waals surface area contributed by atoms with Crippen molar-refractivity contribution in [2.24, 2.45) is 0 Å². The Morgan fingerprint density at radius 3 is 2.11 bits per heavy atom. The second-order valence-electron chi connectivity index (χ2n) is 4.00. The van der Waals surface area contributed by atoms with Gasteiger partial charge in [-0.3, -0.25) is 4.79 Å². The normalized spacial score (nSPS) is 8.68. The third-order valence-corrected chi connectivity index (χ3v) is 2.04. The SMILES string of the molecule is CN(C)c1ccc(C(=O)NCCO)cc1.C[CH-]C.[W]. The molecule has 0 atom stereocenters. The minimum Gasteiger partial charge on any atom is -0.395 e. The molecule has 0 radical (unpaired) electrons. The average Bonchev–Trinajstić information content (AvgIpc) is 2.37. The first kappa shape index (κ1) is 20.5. The number of nitrogens with one attached hydrogen (secondary N) is 1. The molecule has 1 aromatic rings. The first-order chi connectivity index (χ1) is 8.56. The van der Waals surface area contributed by atoms with Gasteiger partial charge < -0.3 is 21.7 Å². The fraction of sp³-hybridized carbons (Fsp3) is 0.429. The van der Waals surface area contributed by atoms with E-state index in [9.17, 15) is 4.79 Å². The van der Waals surface area contributed by atoms with Gasteiger partial charge in [-0.25, -0.2) is 0 Å². The predicted molar refractivity (Wildman–Crippen MR) is 75.8 cm³/mol. The molecule has 2 N–H and O–H groups in total. The van der Waals surface area contributed by atoms with E-state index in [4.69, 9.17) is 5.11 Å². The number of benzene rings is 1. The molecule has 0 aromatic heterocycles. The monoisotopic (exact) mass is 435 g/mol. The molecule has 0 bridgehead atoms. The van der Waals surface area contributed by atoms with Gasteiger partial charge in [0.1, 0.15) is 0 Å². The standard InChI is InChI=1S/C11H16N2O2.C3H7.W/c1-13(2)10-5-3-9(4-6-10)11(15)12-7-8-14;1-3-2;/h3-6,14H,7-8H2,1-2H3,(H,12,15);3H,1-2H3;/q;-1;. The molecule has 0 saturated carbocycles. The minimum absolute atomic E-state index is 0. The molecule has 0 saturated heterocycles. The Kier molecular flexibility index (Phi) is 13.1. The van der Waals surface area contributed by atoms with Crippen molar-refractivity contribution in [1.29, 1.82) is 0 Å². The molecule has 5 heteroatoms. The number of nitrogens with zero attached hydrogens (tertiary/aromatic N) is 1. The summed E-state index contributed by atoms with van der Waals surface area (Å²) in [7, 11) is 3.89. The summed E-state index contributed by atoms with van der Waals surface area (Å²) in [5.74, 6) is -0.158. The van der Waals surface area contributed by atoms with E-state index in [0.717, 1.165) is 5.69 Å². The maximum Gasteiger partial charge on any atom is 0.251 e. The molecular weight excluding hydrogens is 412 g/mol. The quantitative estimate of drug-likeness (QED) is 0.709. The molecule has 0 spiro atoms. The summed E-state index contributed by atoms with van der Waals surface area (Å²) < 4.78 is 0. The summed E-state index contributed by atoms with van der Waals surface area (Å²) in [6, 6.07) is 7.30. The van der Waals surface area contributed by atoms with Crippen LogP contribution in [0.1, 0.15) is 24.2 Å². The molecule has 19 heavy (non-hydrogen) atoms. The minimum atomic E-state index is -0.158. The molecule has 108 valence electrons. The number of aliphatic hydroxyl groups is 1. The Morgan fingerprint density at radius 2 is 1.74 bits per heavy atom. The van der Waals surface area contributed by atoms with E-state index in [1.54, 1.807) is 12.1 Å². The van der Waals surface area contributed by atoms with Crippen molar-refractivity contribution < 1.29 is 31.0 Å². The summed E-state index contributed by atoms with van der Waals surface area (Å²) in [5.41, 5.74) is 1.66. The molecule has 0 aliphatic rings. The van der Waals surface area contributed by atoms with E-state index in [1.807, 2.05) is 51.4 Å². The number of aliphatic hydroxyl groups excluding tert-OH is 1. The summed E-state index contributed by atoms with van der Waals surface area (Å²) in [6.45, 7) is 4.25. The van der Waals surface area contributed by atoms with Gasteiger partial charge in [-0.2, -0.15) is 13.8 Å². The number of amides is 1. The number of carbonyl (C=O) groups is 1. The van der Waals surface area contributed by atoms with Gasteiger partial charge in [-0.1, -0.05) is 0 Å². The van der Waals surface area contributed by atoms with Gasteiger partial charge in [0.05, 0.1) is 6.61 Å². The van der Waals surface area contributed by atoms with Gasteiger partial charge in [0.2, 0.25) is 0 Å². The number of hydrogen-bond acceptors (Lipinski definition) is 3. The fourth-order valence-electron chi connectivity index (χ4n) is 1.18. The van der Waals surface area contributed by atoms with Crippen molar-refractivity contribution in [3.63, 3.8) is 0 Å². The Labute approximate surface area is 130 Å². The van der Waals surface area contributed by atoms with Crippen molar-refractivity contribution >= 4 is 11.6 Å². The van der Waals surface area contributed by atoms with Crippen LogP contribution in [0.2, 0.25) is 0 Å². The van der Waals surface area contributed by atoms with E-state index >= 15 is 0 Å². The first-order valence-corrected chi connectivity index (χ1v) is 5.97. The zero-order valence-electron chi connectivity index (χ0n) is 12.0. The molecule has 0 aliphatic carbocycles. The van der Waals surface area contributed by atoms with Crippen LogP contribution < -0.4 is 10.2 Å². The maximum atomic E-state index is 11.4. The summed E-state index contributed by atoms with van der Waals surface area (Å²) >= 11 is 0. The van der Waals surface area contributed by atoms with Crippen molar-refractivity contribution in [2.75, 3.05) is 32.1 Å². The molecule has 0 fully saturated rings. The Morgan fingerprint density at radius 1 is 1.26 bits per heavy atom. The molecule has 0 heterocycles. The zero-order chi connectivity index (χ0) is 14.0. The predicted octanol–water partition coefficient (Wildman–Crippen LogP) is 1.70. The van der Waals surface area contributed by atoms with E-state index < -0.39 is 0 Å². The van der Waals surface area contributed by atoms with Crippen molar-refractivity contribution in [3.05, 3.63) is 36.2 Å². The van der Waals surface area contributed by atoms with Gasteiger partial charge in [0.25, 0.3) is 5.91 Å². The van der Waals surface area contributed by atoms with E-state index in [0.29, 0.717) is 5.56 Å². The molecular formula is C14H23N2O2W-. The maximum absolute atomic E-state index is 11.4. The van der Waals surface area contributed by atoms with Crippen LogP contribution in [0.15, 0.2) is 24.3 Å². The van der Waals surface area contributed by atoms with Crippen LogP contribution >= 0.6 is 0 Å². The fourth-order valence-corrected chi connectivity index (χ4v) is 1.18. The summed E-state index contributed by atoms with van der Waals surface area (Å²) in [5, 5.41) is 11.2. The third-order valence-electron chi connectivity index (χ3n) is 2.04. The van der Waals surface area contributed by atoms with Gasteiger partial charge in [-0.15, -0.1) is 0 Å². The second-order valence-corrected chi connectivity index (χ2v) is 4.00. The second kappa shape index (κ2) is 12.2. The van der Waals surface area contributed by atoms with E-state index in [1.165, 1.54) is 0 Å². The number of carbonyl (C=O) groups excluding carboxylic acids is 1. The molecule has 1 aromatic carbocycles. The first-order valence-electron chi connectivity index (χ1n) is 5.97. The van der Waals surface area contributed by atoms with Gasteiger partial charge in [0, 0.05) is 53.0 Å². The molecule has 0 aliphatic heterocycles. The molecule has 1 amide bonds. The zero-order valence-corrected chi connectivity index (χ0v) is 14.9. The Hall–Kier alpha value is -0.862. The summed E-state index contributed by atoms with van der Waals surface area (Å²) in [4.78, 5) is 13.4. The number of rotatable bonds is 4. The van der Waals surface area contributed by atoms with E-state index in [-0.39, 0.29) is 40.1 Å². The smallest absolute Gasteiger partial charge is 0.251 e. The van der Waals surface area contributed by atoms with Crippen molar-refractivity contribution in [3.8, 4) is 0 Å². The molecule has 0 unspecified atom stereocenters. The topological polar surface area (TPSA) is 52.6 Å². The van der Waals surface area contributed by atoms with Gasteiger partial charge in [0.15, 0.2) is 0 Å². The third kappa shape index (κ3) is 8.79. The Balaban J connectivity index is 0. The van der Waals surface area contributed by atoms with Crippen molar-refractivity contribution in [1.82, 2.24) is 5.32 Å². The average molecular weight is 435 g/mol. The van der Waals surface area contributed by atoms with Crippen LogP contribution in [0.3, 0.4) is 0 Å². The van der Waals surface area contributed by atoms with Crippen LogP contribution in [0.4, 0.5) is 5.69 Å². The number of hydrogen-bond donors (Lipinski definition) is 2. The number of anilines is 1. The van der Waals surface area contributed by atoms with Crippen LogP contribution in [0.5, 0.6) is 0 Å². The van der Waals surface area contributed by atoms with Gasteiger partial charge >= 0.3 is 0 Å². The largest absolute Gasteiger partial charge is 0.395 e. The van der Waals surface area contributed by atoms with Crippen LogP contribution in [0, 0.1) is 6.42 Å². The van der Waals surface area contributed by atoms with Crippen LogP contribution in [-0.4, -0.2) is 38.3 Å². The van der Waals surface area contributed by atoms with Crippen molar-refractivity contribution in [2.45, 2.75) is 13.8 Å². The van der Waals surface area contributed by atoms with Crippen LogP contribution in [0.25, 0.3) is 0 Å². The molecule has 1 rings (SSSR count). The van der Waals surface area contributed by atoms with E-state index in [2.05, 4.69) is 5.32 Å². The Bertz CT molecular complexity index is 340. The van der Waals surface area contributed by atoms with Gasteiger partial charge in [-0.05, 0) is 24.3 Å².